The van der Waals surface area contributed by atoms with Crippen molar-refractivity contribution in [2.45, 2.75) is 45.7 Å². The van der Waals surface area contributed by atoms with Gasteiger partial charge in [0.2, 0.25) is 0 Å². The van der Waals surface area contributed by atoms with Crippen LogP contribution in [0.25, 0.3) is 0 Å². The van der Waals surface area contributed by atoms with Crippen LogP contribution >= 0.6 is 7.92 Å². The molecule has 0 aliphatic heterocycles. The maximum absolute atomic E-state index is 9.52. The van der Waals surface area contributed by atoms with Crippen molar-refractivity contribution < 1.29 is 5.11 Å². The molecule has 1 N–H and O–H groups in total. The molecule has 1 aromatic carbocycles. The van der Waals surface area contributed by atoms with Crippen LogP contribution in [0.3, 0.4) is 0 Å². The Morgan fingerprint density at radius 3 is 2.34 bits per heavy atom. The average molecular weight is 405 g/mol. The van der Waals surface area contributed by atoms with Crippen LogP contribution in [-0.2, 0) is 0 Å². The molecule has 29 heavy (non-hydrogen) atoms. The van der Waals surface area contributed by atoms with E-state index < -0.39 is 0 Å². The number of phenolic OH excluding ortho intramolecular Hbond substituents is 1. The zero-order chi connectivity index (χ0) is 21.1. The molecular weight excluding hydrogens is 371 g/mol. The predicted octanol–water partition coefficient (Wildman–Crippen LogP) is 7.70. The Morgan fingerprint density at radius 2 is 1.86 bits per heavy atom. The maximum atomic E-state index is 9.52. The predicted molar refractivity (Wildman–Crippen MR) is 131 cm³/mol. The summed E-state index contributed by atoms with van der Waals surface area (Å²) in [7, 11) is -0.344. The molecule has 2 heteroatoms. The Morgan fingerprint density at radius 1 is 1.10 bits per heavy atom. The Labute approximate surface area is 178 Å². The molecule has 0 radical (unpaired) electrons. The molecule has 0 saturated heterocycles. The van der Waals surface area contributed by atoms with Crippen LogP contribution in [-0.4, -0.2) is 10.8 Å². The lowest BCUT2D eigenvalue weighted by molar-refractivity contribution is 0.475. The molecule has 0 aromatic heterocycles. The van der Waals surface area contributed by atoms with Gasteiger partial charge in [0.25, 0.3) is 0 Å². The van der Waals surface area contributed by atoms with E-state index in [0.717, 1.165) is 19.3 Å². The van der Waals surface area contributed by atoms with E-state index in [1.807, 2.05) is 31.2 Å². The normalized spacial score (nSPS) is 18.6. The maximum Gasteiger partial charge on any atom is 0.115 e. The van der Waals surface area contributed by atoms with Gasteiger partial charge < -0.3 is 5.11 Å². The highest BCUT2D eigenvalue weighted by atomic mass is 31.1. The van der Waals surface area contributed by atoms with Crippen molar-refractivity contribution in [1.29, 1.82) is 0 Å². The molecule has 2 unspecified atom stereocenters. The zero-order valence-corrected chi connectivity index (χ0v) is 18.8. The lowest BCUT2D eigenvalue weighted by atomic mass is 10.1. The number of hydrogen-bond acceptors (Lipinski definition) is 1. The second-order valence-electron chi connectivity index (χ2n) is 7.29. The number of rotatable bonds is 5. The molecule has 2 atom stereocenters. The molecule has 0 saturated carbocycles. The SMILES string of the molecule is C=CC(/C=C\C)=C(C)C.Oc1ccc(P(C2=CC=CCC2)C2C=CC=CC2)cc1. The van der Waals surface area contributed by atoms with Crippen molar-refractivity contribution in [2.75, 3.05) is 0 Å². The molecule has 0 amide bonds. The van der Waals surface area contributed by atoms with Gasteiger partial charge in [-0.25, -0.2) is 0 Å². The van der Waals surface area contributed by atoms with E-state index in [2.05, 4.69) is 81.2 Å². The Hall–Kier alpha value is -2.37. The van der Waals surface area contributed by atoms with Crippen LogP contribution in [0, 0.1) is 0 Å². The van der Waals surface area contributed by atoms with Crippen LogP contribution in [0.5, 0.6) is 5.75 Å². The molecule has 1 nitrogen and oxygen atoms in total. The first-order chi connectivity index (χ1) is 14.1. The van der Waals surface area contributed by atoms with Crippen LogP contribution < -0.4 is 5.30 Å². The zero-order valence-electron chi connectivity index (χ0n) is 17.9. The largest absolute Gasteiger partial charge is 0.508 e. The van der Waals surface area contributed by atoms with Crippen molar-refractivity contribution in [2.24, 2.45) is 0 Å². The van der Waals surface area contributed by atoms with Gasteiger partial charge in [0.1, 0.15) is 5.75 Å². The van der Waals surface area contributed by atoms with Gasteiger partial charge in [0.15, 0.2) is 0 Å². The van der Waals surface area contributed by atoms with Gasteiger partial charge in [-0.15, -0.1) is 0 Å². The van der Waals surface area contributed by atoms with E-state index in [-0.39, 0.29) is 7.92 Å². The van der Waals surface area contributed by atoms with Gasteiger partial charge >= 0.3 is 0 Å². The van der Waals surface area contributed by atoms with E-state index in [9.17, 15) is 5.11 Å². The first-order valence-corrected chi connectivity index (χ1v) is 11.7. The van der Waals surface area contributed by atoms with Gasteiger partial charge in [-0.05, 0) is 76.3 Å². The summed E-state index contributed by atoms with van der Waals surface area (Å²) in [6.45, 7) is 9.86. The van der Waals surface area contributed by atoms with E-state index in [4.69, 9.17) is 0 Å². The highest BCUT2D eigenvalue weighted by Gasteiger charge is 2.24. The summed E-state index contributed by atoms with van der Waals surface area (Å²) in [6.07, 6.45) is 25.0. The summed E-state index contributed by atoms with van der Waals surface area (Å²) in [5.74, 6) is 0.348. The third-order valence-corrected chi connectivity index (χ3v) is 7.75. The quantitative estimate of drug-likeness (QED) is 0.394. The van der Waals surface area contributed by atoms with Crippen LogP contribution in [0.2, 0.25) is 0 Å². The number of hydrogen-bond donors (Lipinski definition) is 1. The average Bonchev–Trinajstić information content (AvgIpc) is 2.75. The summed E-state index contributed by atoms with van der Waals surface area (Å²) in [5.41, 5.74) is 3.11. The van der Waals surface area contributed by atoms with E-state index >= 15 is 0 Å². The fraction of sp³-hybridized carbons (Fsp3) is 0.259. The minimum Gasteiger partial charge on any atom is -0.508 e. The fourth-order valence-corrected chi connectivity index (χ4v) is 6.18. The first kappa shape index (κ1) is 22.9. The summed E-state index contributed by atoms with van der Waals surface area (Å²) in [4.78, 5) is 0. The molecule has 0 spiro atoms. The van der Waals surface area contributed by atoms with Gasteiger partial charge in [-0.3, -0.25) is 0 Å². The number of allylic oxidation sites excluding steroid dienone is 13. The fourth-order valence-electron chi connectivity index (χ4n) is 3.35. The highest BCUT2D eigenvalue weighted by Crippen LogP contribution is 2.53. The molecular formula is C27H33OP. The molecule has 2 aliphatic rings. The standard InChI is InChI=1S/C18H19OP.C9H14/c19-15-11-13-18(14-12-15)20(16-7-3-1-4-8-16)17-9-5-2-6-10-17;1-5-7-9(6-2)8(3)4/h1-5,7,9,11-14,16,19H,6,8,10H2;5-7H,2H2,1,3-4H3/b;7-5-. The molecule has 0 fully saturated rings. The summed E-state index contributed by atoms with van der Waals surface area (Å²) in [5, 5.41) is 12.4. The minimum absolute atomic E-state index is 0.344. The highest BCUT2D eigenvalue weighted by molar-refractivity contribution is 7.70. The topological polar surface area (TPSA) is 20.2 Å². The van der Waals surface area contributed by atoms with E-state index in [1.54, 1.807) is 5.31 Å². The number of benzene rings is 1. The van der Waals surface area contributed by atoms with Gasteiger partial charge in [-0.2, -0.15) is 0 Å². The molecule has 2 aliphatic carbocycles. The van der Waals surface area contributed by atoms with Gasteiger partial charge in [0, 0.05) is 5.66 Å². The van der Waals surface area contributed by atoms with Crippen LogP contribution in [0.1, 0.15) is 40.0 Å². The first-order valence-electron chi connectivity index (χ1n) is 10.3. The lowest BCUT2D eigenvalue weighted by Crippen LogP contribution is -2.14. The Bertz CT molecular complexity index is 843. The Kier molecular flexibility index (Phi) is 9.68. The molecule has 0 bridgehead atoms. The van der Waals surface area contributed by atoms with E-state index in [0.29, 0.717) is 11.4 Å². The van der Waals surface area contributed by atoms with Crippen molar-refractivity contribution in [3.05, 3.63) is 108 Å². The van der Waals surface area contributed by atoms with Gasteiger partial charge in [0.05, 0.1) is 0 Å². The molecule has 1 aromatic rings. The second kappa shape index (κ2) is 12.2. The third kappa shape index (κ3) is 7.18. The van der Waals surface area contributed by atoms with E-state index in [1.165, 1.54) is 16.5 Å². The molecule has 3 rings (SSSR count). The summed E-state index contributed by atoms with van der Waals surface area (Å²) in [6, 6.07) is 7.80. The monoisotopic (exact) mass is 404 g/mol. The molecule has 0 heterocycles. The van der Waals surface area contributed by atoms with Crippen LogP contribution in [0.15, 0.2) is 108 Å². The van der Waals surface area contributed by atoms with Crippen molar-refractivity contribution in [3.8, 4) is 5.75 Å². The van der Waals surface area contributed by atoms with Crippen molar-refractivity contribution in [1.82, 2.24) is 0 Å². The summed E-state index contributed by atoms with van der Waals surface area (Å²) >= 11 is 0. The molecule has 152 valence electrons. The van der Waals surface area contributed by atoms with Crippen LogP contribution in [0.4, 0.5) is 0 Å². The Balaban J connectivity index is 0.000000284. The van der Waals surface area contributed by atoms with Crippen molar-refractivity contribution >= 4 is 13.2 Å². The third-order valence-electron chi connectivity index (χ3n) is 4.86. The number of phenols is 1. The number of aromatic hydroxyl groups is 1. The summed E-state index contributed by atoms with van der Waals surface area (Å²) < 4.78 is 0. The second-order valence-corrected chi connectivity index (χ2v) is 9.78. The van der Waals surface area contributed by atoms with Gasteiger partial charge in [-0.1, -0.05) is 85.0 Å². The van der Waals surface area contributed by atoms with Crippen molar-refractivity contribution in [3.63, 3.8) is 0 Å². The smallest absolute Gasteiger partial charge is 0.115 e. The minimum atomic E-state index is -0.344. The lowest BCUT2D eigenvalue weighted by Gasteiger charge is -2.29.